The maximum Gasteiger partial charge on any atom is 0.302 e. The molecule has 1 aromatic carbocycles. The summed E-state index contributed by atoms with van der Waals surface area (Å²) in [4.78, 5) is 12.5. The van der Waals surface area contributed by atoms with E-state index in [1.54, 1.807) is 12.1 Å². The van der Waals surface area contributed by atoms with Crippen LogP contribution in [0.25, 0.3) is 0 Å². The molecular weight excluding hydrogens is 362 g/mol. The van der Waals surface area contributed by atoms with Gasteiger partial charge >= 0.3 is 5.56 Å². The molecule has 0 unspecified atom stereocenters. The third kappa shape index (κ3) is 3.72. The van der Waals surface area contributed by atoms with Gasteiger partial charge in [-0.3, -0.25) is 4.79 Å². The Kier molecular flexibility index (Phi) is 5.15. The van der Waals surface area contributed by atoms with Gasteiger partial charge in [-0.15, -0.1) is 4.09 Å². The number of anilines is 1. The number of hydrogen-bond acceptors (Lipinski definition) is 5. The minimum absolute atomic E-state index is 0.00300. The van der Waals surface area contributed by atoms with Crippen LogP contribution in [0.3, 0.4) is 0 Å². The van der Waals surface area contributed by atoms with Crippen molar-refractivity contribution in [2.24, 2.45) is 0 Å². The number of hydrogen-bond donors (Lipinski definition) is 1. The van der Waals surface area contributed by atoms with E-state index in [2.05, 4.69) is 10.4 Å². The van der Waals surface area contributed by atoms with E-state index in [0.717, 1.165) is 31.2 Å². The number of aromatic nitrogens is 2. The average Bonchev–Trinajstić information content (AvgIpc) is 2.60. The molecule has 3 rings (SSSR count). The molecule has 0 spiro atoms. The van der Waals surface area contributed by atoms with Crippen LogP contribution in [0, 0.1) is 6.92 Å². The van der Waals surface area contributed by atoms with Crippen molar-refractivity contribution in [1.82, 2.24) is 9.19 Å². The summed E-state index contributed by atoms with van der Waals surface area (Å²) in [5.74, 6) is 0. The second-order valence-corrected chi connectivity index (χ2v) is 8.46. The Morgan fingerprint density at radius 3 is 2.44 bits per heavy atom. The summed E-state index contributed by atoms with van der Waals surface area (Å²) in [6.07, 6.45) is 6.77. The first-order valence-corrected chi connectivity index (χ1v) is 10.1. The van der Waals surface area contributed by atoms with Gasteiger partial charge in [-0.25, -0.2) is 0 Å². The Morgan fingerprint density at radius 2 is 1.80 bits per heavy atom. The van der Waals surface area contributed by atoms with E-state index in [1.165, 1.54) is 24.8 Å². The average molecular weight is 382 g/mol. The minimum Gasteiger partial charge on any atom is -0.380 e. The fourth-order valence-corrected chi connectivity index (χ4v) is 4.36. The summed E-state index contributed by atoms with van der Waals surface area (Å²) in [5.41, 5.74) is 0.460. The molecule has 0 saturated heterocycles. The number of benzene rings is 1. The van der Waals surface area contributed by atoms with Crippen molar-refractivity contribution in [1.29, 1.82) is 0 Å². The van der Waals surface area contributed by atoms with Crippen LogP contribution in [0.15, 0.2) is 40.2 Å². The van der Waals surface area contributed by atoms with Gasteiger partial charge in [0.2, 0.25) is 0 Å². The van der Waals surface area contributed by atoms with Gasteiger partial charge in [0, 0.05) is 6.04 Å². The number of nitrogens with one attached hydrogen (secondary N) is 1. The van der Waals surface area contributed by atoms with E-state index < -0.39 is 15.6 Å². The van der Waals surface area contributed by atoms with E-state index in [1.807, 2.05) is 6.92 Å². The Morgan fingerprint density at radius 1 is 1.16 bits per heavy atom. The zero-order chi connectivity index (χ0) is 18.0. The lowest BCUT2D eigenvalue weighted by Crippen LogP contribution is -2.32. The second-order valence-electron chi connectivity index (χ2n) is 6.32. The van der Waals surface area contributed by atoms with Gasteiger partial charge in [-0.2, -0.15) is 13.5 Å². The smallest absolute Gasteiger partial charge is 0.302 e. The number of rotatable bonds is 4. The quantitative estimate of drug-likeness (QED) is 0.879. The van der Waals surface area contributed by atoms with Crippen LogP contribution < -0.4 is 10.9 Å². The zero-order valence-corrected chi connectivity index (χ0v) is 15.5. The normalized spacial score (nSPS) is 15.9. The zero-order valence-electron chi connectivity index (χ0n) is 13.9. The SMILES string of the molecule is Cc1ccc(S(=O)(=O)n2ncc(NC3CCCCC3)c(Cl)c2=O)cc1. The van der Waals surface area contributed by atoms with Crippen LogP contribution in [0.5, 0.6) is 0 Å². The maximum absolute atomic E-state index is 12.6. The molecule has 0 atom stereocenters. The summed E-state index contributed by atoms with van der Waals surface area (Å²) in [5, 5.41) is 6.90. The standard InChI is InChI=1S/C17H20ClN3O3S/c1-12-7-9-14(10-8-12)25(23,24)21-17(22)16(18)15(11-19-21)20-13-5-3-2-4-6-13/h7-11,13,20H,2-6H2,1H3. The van der Waals surface area contributed by atoms with Gasteiger partial charge in [-0.05, 0) is 31.9 Å². The Balaban J connectivity index is 1.94. The van der Waals surface area contributed by atoms with Crippen LogP contribution >= 0.6 is 11.6 Å². The number of nitrogens with zero attached hydrogens (tertiary/aromatic N) is 2. The second kappa shape index (κ2) is 7.17. The first-order valence-electron chi connectivity index (χ1n) is 8.26. The molecule has 1 saturated carbocycles. The molecule has 1 aliphatic carbocycles. The van der Waals surface area contributed by atoms with E-state index in [9.17, 15) is 13.2 Å². The van der Waals surface area contributed by atoms with Gasteiger partial charge in [0.1, 0.15) is 5.02 Å². The van der Waals surface area contributed by atoms with Gasteiger partial charge < -0.3 is 5.32 Å². The van der Waals surface area contributed by atoms with Gasteiger partial charge in [0.15, 0.2) is 0 Å². The lowest BCUT2D eigenvalue weighted by Gasteiger charge is -2.24. The molecular formula is C17H20ClN3O3S. The third-order valence-corrected chi connectivity index (χ3v) is 6.35. The fourth-order valence-electron chi connectivity index (χ4n) is 2.97. The van der Waals surface area contributed by atoms with Crippen molar-refractivity contribution in [3.8, 4) is 0 Å². The van der Waals surface area contributed by atoms with Gasteiger partial charge in [-0.1, -0.05) is 48.6 Å². The molecule has 0 amide bonds. The topological polar surface area (TPSA) is 81.1 Å². The van der Waals surface area contributed by atoms with Crippen molar-refractivity contribution < 1.29 is 8.42 Å². The summed E-state index contributed by atoms with van der Waals surface area (Å²) in [6, 6.07) is 6.45. The largest absolute Gasteiger partial charge is 0.380 e. The van der Waals surface area contributed by atoms with Crippen LogP contribution in [0.1, 0.15) is 37.7 Å². The first-order chi connectivity index (χ1) is 11.9. The van der Waals surface area contributed by atoms with E-state index in [0.29, 0.717) is 9.77 Å². The highest BCUT2D eigenvalue weighted by molar-refractivity contribution is 7.89. The molecule has 0 aliphatic heterocycles. The van der Waals surface area contributed by atoms with Crippen molar-refractivity contribution in [3.63, 3.8) is 0 Å². The predicted molar refractivity (Wildman–Crippen MR) is 97.8 cm³/mol. The van der Waals surface area contributed by atoms with Crippen molar-refractivity contribution in [3.05, 3.63) is 51.4 Å². The highest BCUT2D eigenvalue weighted by Crippen LogP contribution is 2.24. The van der Waals surface area contributed by atoms with Crippen molar-refractivity contribution >= 4 is 27.3 Å². The van der Waals surface area contributed by atoms with Crippen molar-refractivity contribution in [2.45, 2.75) is 50.0 Å². The molecule has 1 fully saturated rings. The fraction of sp³-hybridized carbons (Fsp3) is 0.412. The monoisotopic (exact) mass is 381 g/mol. The Bertz CT molecular complexity index is 917. The molecule has 1 aliphatic rings. The molecule has 8 heteroatoms. The highest BCUT2D eigenvalue weighted by Gasteiger charge is 2.23. The van der Waals surface area contributed by atoms with Crippen LogP contribution in [0.4, 0.5) is 5.69 Å². The molecule has 6 nitrogen and oxygen atoms in total. The highest BCUT2D eigenvalue weighted by atomic mass is 35.5. The lowest BCUT2D eigenvalue weighted by atomic mass is 9.95. The number of halogens is 1. The Labute approximate surface area is 151 Å². The summed E-state index contributed by atoms with van der Waals surface area (Å²) in [6.45, 7) is 1.85. The number of aryl methyl sites for hydroxylation is 1. The van der Waals surface area contributed by atoms with Crippen LogP contribution in [-0.2, 0) is 10.0 Å². The molecule has 134 valence electrons. The van der Waals surface area contributed by atoms with Crippen molar-refractivity contribution in [2.75, 3.05) is 5.32 Å². The molecule has 0 radical (unpaired) electrons. The lowest BCUT2D eigenvalue weighted by molar-refractivity contribution is 0.462. The van der Waals surface area contributed by atoms with E-state index in [4.69, 9.17) is 11.6 Å². The molecule has 2 aromatic rings. The first kappa shape index (κ1) is 17.9. The van der Waals surface area contributed by atoms with Crippen LogP contribution in [0.2, 0.25) is 5.02 Å². The molecule has 25 heavy (non-hydrogen) atoms. The molecule has 1 N–H and O–H groups in total. The van der Waals surface area contributed by atoms with Crippen LogP contribution in [-0.4, -0.2) is 23.6 Å². The molecule has 0 bridgehead atoms. The van der Waals surface area contributed by atoms with Gasteiger partial charge in [0.25, 0.3) is 10.0 Å². The summed E-state index contributed by atoms with van der Waals surface area (Å²) in [7, 11) is -4.08. The minimum atomic E-state index is -4.08. The Hall–Kier alpha value is -1.86. The van der Waals surface area contributed by atoms with Gasteiger partial charge in [0.05, 0.1) is 16.8 Å². The summed E-state index contributed by atoms with van der Waals surface area (Å²) < 4.78 is 25.7. The predicted octanol–water partition coefficient (Wildman–Crippen LogP) is 3.19. The maximum atomic E-state index is 12.6. The summed E-state index contributed by atoms with van der Waals surface area (Å²) >= 11 is 6.14. The van der Waals surface area contributed by atoms with E-state index in [-0.39, 0.29) is 16.0 Å². The van der Waals surface area contributed by atoms with E-state index >= 15 is 0 Å². The molecule has 1 heterocycles. The third-order valence-electron chi connectivity index (χ3n) is 4.40. The molecule has 1 aromatic heterocycles.